The number of rotatable bonds is 4. The van der Waals surface area contributed by atoms with E-state index >= 15 is 0 Å². The van der Waals surface area contributed by atoms with Crippen LogP contribution in [0.5, 0.6) is 0 Å². The molecule has 104 valence electrons. The third-order valence-corrected chi connectivity index (χ3v) is 4.95. The van der Waals surface area contributed by atoms with E-state index in [9.17, 15) is 0 Å². The zero-order valence-corrected chi connectivity index (χ0v) is 11.9. The Hall–Kier alpha value is -0.860. The van der Waals surface area contributed by atoms with Crippen LogP contribution in [0.25, 0.3) is 0 Å². The molecule has 2 nitrogen and oxygen atoms in total. The second-order valence-corrected chi connectivity index (χ2v) is 6.18. The van der Waals surface area contributed by atoms with Crippen LogP contribution in [-0.4, -0.2) is 36.6 Å². The average molecular weight is 258 g/mol. The van der Waals surface area contributed by atoms with Gasteiger partial charge in [0.25, 0.3) is 0 Å². The van der Waals surface area contributed by atoms with Gasteiger partial charge in [-0.25, -0.2) is 0 Å². The highest BCUT2D eigenvalue weighted by Crippen LogP contribution is 2.36. The molecule has 0 bridgehead atoms. The fourth-order valence-electron chi connectivity index (χ4n) is 3.88. The lowest BCUT2D eigenvalue weighted by atomic mass is 9.92. The largest absolute Gasteiger partial charge is 0.314 e. The molecule has 1 heterocycles. The highest BCUT2D eigenvalue weighted by atomic mass is 15.3. The van der Waals surface area contributed by atoms with Crippen molar-refractivity contribution in [3.05, 3.63) is 35.9 Å². The van der Waals surface area contributed by atoms with Crippen LogP contribution in [-0.2, 0) is 6.42 Å². The summed E-state index contributed by atoms with van der Waals surface area (Å²) in [5.41, 5.74) is 1.99. The van der Waals surface area contributed by atoms with E-state index < -0.39 is 0 Å². The molecule has 19 heavy (non-hydrogen) atoms. The van der Waals surface area contributed by atoms with Crippen LogP contribution in [0.1, 0.15) is 37.7 Å². The van der Waals surface area contributed by atoms with E-state index in [4.69, 9.17) is 0 Å². The van der Waals surface area contributed by atoms with Gasteiger partial charge in [0.2, 0.25) is 0 Å². The summed E-state index contributed by atoms with van der Waals surface area (Å²) in [6.07, 6.45) is 8.19. The van der Waals surface area contributed by atoms with E-state index in [1.807, 2.05) is 0 Å². The van der Waals surface area contributed by atoms with Gasteiger partial charge in [-0.3, -0.25) is 4.90 Å². The molecular weight excluding hydrogens is 232 g/mol. The van der Waals surface area contributed by atoms with Crippen molar-refractivity contribution in [3.63, 3.8) is 0 Å². The van der Waals surface area contributed by atoms with Crippen LogP contribution in [0, 0.1) is 0 Å². The summed E-state index contributed by atoms with van der Waals surface area (Å²) < 4.78 is 0. The molecule has 3 rings (SSSR count). The van der Waals surface area contributed by atoms with Crippen LogP contribution in [0.15, 0.2) is 30.3 Å². The molecule has 1 aliphatic carbocycles. The molecule has 1 spiro atoms. The molecular formula is C17H26N2. The number of aryl methyl sites for hydroxylation is 1. The maximum atomic E-state index is 3.61. The second kappa shape index (κ2) is 6.06. The van der Waals surface area contributed by atoms with Crippen LogP contribution in [0.2, 0.25) is 0 Å². The van der Waals surface area contributed by atoms with Crippen molar-refractivity contribution in [2.75, 3.05) is 26.2 Å². The van der Waals surface area contributed by atoms with Crippen LogP contribution < -0.4 is 5.32 Å². The summed E-state index contributed by atoms with van der Waals surface area (Å²) in [6, 6.07) is 10.9. The SMILES string of the molecule is c1ccc(CCCN2CCNCC23CCCC3)cc1. The number of benzene rings is 1. The minimum absolute atomic E-state index is 0.509. The molecule has 0 amide bonds. The third kappa shape index (κ3) is 3.01. The minimum atomic E-state index is 0.509. The molecule has 0 unspecified atom stereocenters. The van der Waals surface area contributed by atoms with E-state index in [1.54, 1.807) is 0 Å². The van der Waals surface area contributed by atoms with E-state index in [2.05, 4.69) is 40.5 Å². The Bertz CT molecular complexity index is 382. The topological polar surface area (TPSA) is 15.3 Å². The first-order chi connectivity index (χ1) is 9.39. The van der Waals surface area contributed by atoms with Crippen LogP contribution >= 0.6 is 0 Å². The number of hydrogen-bond donors (Lipinski definition) is 1. The number of piperazine rings is 1. The smallest absolute Gasteiger partial charge is 0.0334 e. The third-order valence-electron chi connectivity index (χ3n) is 4.95. The highest BCUT2D eigenvalue weighted by molar-refractivity contribution is 5.14. The standard InChI is InChI=1S/C17H26N2/c1-2-7-16(8-3-1)9-6-13-19-14-12-18-15-17(19)10-4-5-11-17/h1-3,7-8,18H,4-6,9-15H2. The Kier molecular flexibility index (Phi) is 4.19. The zero-order valence-electron chi connectivity index (χ0n) is 11.9. The molecule has 1 N–H and O–H groups in total. The summed E-state index contributed by atoms with van der Waals surface area (Å²) in [5, 5.41) is 3.61. The molecule has 1 saturated heterocycles. The summed E-state index contributed by atoms with van der Waals surface area (Å²) >= 11 is 0. The normalized spacial score (nSPS) is 22.9. The molecule has 1 aromatic rings. The maximum Gasteiger partial charge on any atom is 0.0334 e. The monoisotopic (exact) mass is 258 g/mol. The van der Waals surface area contributed by atoms with Gasteiger partial charge >= 0.3 is 0 Å². The molecule has 1 aliphatic heterocycles. The molecule has 2 heteroatoms. The average Bonchev–Trinajstić information content (AvgIpc) is 2.92. The van der Waals surface area contributed by atoms with Crippen molar-refractivity contribution >= 4 is 0 Å². The predicted molar refractivity (Wildman–Crippen MR) is 80.4 cm³/mol. The fourth-order valence-corrected chi connectivity index (χ4v) is 3.88. The van der Waals surface area contributed by atoms with Crippen molar-refractivity contribution in [1.29, 1.82) is 0 Å². The first-order valence-electron chi connectivity index (χ1n) is 7.89. The van der Waals surface area contributed by atoms with Gasteiger partial charge in [-0.2, -0.15) is 0 Å². The van der Waals surface area contributed by atoms with Gasteiger partial charge in [0.15, 0.2) is 0 Å². The molecule has 1 saturated carbocycles. The fraction of sp³-hybridized carbons (Fsp3) is 0.647. The molecule has 1 aromatic carbocycles. The van der Waals surface area contributed by atoms with E-state index in [-0.39, 0.29) is 0 Å². The molecule has 0 radical (unpaired) electrons. The van der Waals surface area contributed by atoms with Gasteiger partial charge in [0.05, 0.1) is 0 Å². The first kappa shape index (κ1) is 13.1. The van der Waals surface area contributed by atoms with Crippen molar-refractivity contribution in [2.45, 2.75) is 44.1 Å². The van der Waals surface area contributed by atoms with Gasteiger partial charge in [0.1, 0.15) is 0 Å². The molecule has 0 atom stereocenters. The van der Waals surface area contributed by atoms with E-state index in [1.165, 1.54) is 70.3 Å². The molecule has 2 fully saturated rings. The van der Waals surface area contributed by atoms with Gasteiger partial charge < -0.3 is 5.32 Å². The molecule has 2 aliphatic rings. The summed E-state index contributed by atoms with van der Waals surface area (Å²) in [5.74, 6) is 0. The van der Waals surface area contributed by atoms with Crippen molar-refractivity contribution in [1.82, 2.24) is 10.2 Å². The summed E-state index contributed by atoms with van der Waals surface area (Å²) in [4.78, 5) is 2.79. The van der Waals surface area contributed by atoms with E-state index in [0.29, 0.717) is 5.54 Å². The second-order valence-electron chi connectivity index (χ2n) is 6.18. The Morgan fingerprint density at radius 3 is 2.68 bits per heavy atom. The Balaban J connectivity index is 1.53. The Labute approximate surface area is 117 Å². The maximum absolute atomic E-state index is 3.61. The van der Waals surface area contributed by atoms with Crippen molar-refractivity contribution < 1.29 is 0 Å². The zero-order chi connectivity index (χ0) is 13.0. The predicted octanol–water partition coefficient (Wildman–Crippen LogP) is 2.84. The number of nitrogens with one attached hydrogen (secondary N) is 1. The van der Waals surface area contributed by atoms with Gasteiger partial charge in [-0.15, -0.1) is 0 Å². The van der Waals surface area contributed by atoms with Crippen LogP contribution in [0.3, 0.4) is 0 Å². The lowest BCUT2D eigenvalue weighted by molar-refractivity contribution is 0.0639. The Morgan fingerprint density at radius 2 is 1.89 bits per heavy atom. The molecule has 0 aromatic heterocycles. The quantitative estimate of drug-likeness (QED) is 0.893. The van der Waals surface area contributed by atoms with Crippen LogP contribution in [0.4, 0.5) is 0 Å². The van der Waals surface area contributed by atoms with Gasteiger partial charge in [0, 0.05) is 25.2 Å². The number of hydrogen-bond acceptors (Lipinski definition) is 2. The lowest BCUT2D eigenvalue weighted by Crippen LogP contribution is -2.60. The van der Waals surface area contributed by atoms with Gasteiger partial charge in [-0.1, -0.05) is 43.2 Å². The summed E-state index contributed by atoms with van der Waals surface area (Å²) in [7, 11) is 0. The van der Waals surface area contributed by atoms with E-state index in [0.717, 1.165) is 0 Å². The Morgan fingerprint density at radius 1 is 1.11 bits per heavy atom. The minimum Gasteiger partial charge on any atom is -0.314 e. The van der Waals surface area contributed by atoms with Gasteiger partial charge in [-0.05, 0) is 37.8 Å². The first-order valence-corrected chi connectivity index (χ1v) is 7.89. The van der Waals surface area contributed by atoms with Crippen molar-refractivity contribution in [3.8, 4) is 0 Å². The summed E-state index contributed by atoms with van der Waals surface area (Å²) in [6.45, 7) is 4.91. The van der Waals surface area contributed by atoms with Crippen molar-refractivity contribution in [2.24, 2.45) is 0 Å². The lowest BCUT2D eigenvalue weighted by Gasteiger charge is -2.45. The number of nitrogens with zero attached hydrogens (tertiary/aromatic N) is 1. The highest BCUT2D eigenvalue weighted by Gasteiger charge is 2.40.